The number of amides is 2. The van der Waals surface area contributed by atoms with Gasteiger partial charge in [0, 0.05) is 6.20 Å². The zero-order valence-corrected chi connectivity index (χ0v) is 12.3. The van der Waals surface area contributed by atoms with Crippen LogP contribution >= 0.6 is 0 Å². The van der Waals surface area contributed by atoms with E-state index < -0.39 is 12.1 Å². The van der Waals surface area contributed by atoms with Crippen LogP contribution in [-0.4, -0.2) is 27.5 Å². The van der Waals surface area contributed by atoms with E-state index in [0.29, 0.717) is 11.4 Å². The Balaban J connectivity index is 1.83. The summed E-state index contributed by atoms with van der Waals surface area (Å²) in [4.78, 5) is 11.7. The fourth-order valence-electron chi connectivity index (χ4n) is 1.70. The molecule has 114 valence electrons. The molecule has 0 saturated carbocycles. The van der Waals surface area contributed by atoms with Crippen LogP contribution in [0.1, 0.15) is 32.6 Å². The SMILES string of the molecule is CC(C)(C)n1cc(NC(=O)NCC(O)c2ccco2)cn1. The highest BCUT2D eigenvalue weighted by Crippen LogP contribution is 2.16. The standard InChI is InChI=1S/C14H20N4O3/c1-14(2,3)18-9-10(7-16-18)17-13(20)15-8-11(19)12-5-4-6-21-12/h4-7,9,11,19H,8H2,1-3H3,(H2,15,17,20). The summed E-state index contributed by atoms with van der Waals surface area (Å²) in [7, 11) is 0. The van der Waals surface area contributed by atoms with Crippen LogP contribution in [0.2, 0.25) is 0 Å². The Morgan fingerprint density at radius 3 is 2.86 bits per heavy atom. The van der Waals surface area contributed by atoms with E-state index in [1.54, 1.807) is 29.2 Å². The summed E-state index contributed by atoms with van der Waals surface area (Å²) in [6.07, 6.45) is 3.93. The van der Waals surface area contributed by atoms with Crippen LogP contribution in [0.3, 0.4) is 0 Å². The highest BCUT2D eigenvalue weighted by Gasteiger charge is 2.15. The number of nitrogens with one attached hydrogen (secondary N) is 2. The molecule has 1 atom stereocenters. The van der Waals surface area contributed by atoms with Gasteiger partial charge in [-0.15, -0.1) is 0 Å². The minimum absolute atomic E-state index is 0.0623. The number of hydrogen-bond acceptors (Lipinski definition) is 4. The van der Waals surface area contributed by atoms with Crippen molar-refractivity contribution in [2.75, 3.05) is 11.9 Å². The quantitative estimate of drug-likeness (QED) is 0.804. The van der Waals surface area contributed by atoms with Gasteiger partial charge in [0.05, 0.1) is 30.2 Å². The van der Waals surface area contributed by atoms with Crippen molar-refractivity contribution in [2.45, 2.75) is 32.4 Å². The van der Waals surface area contributed by atoms with E-state index in [1.807, 2.05) is 20.8 Å². The average Bonchev–Trinajstić information content (AvgIpc) is 3.05. The number of rotatable bonds is 4. The van der Waals surface area contributed by atoms with Crippen molar-refractivity contribution in [2.24, 2.45) is 0 Å². The lowest BCUT2D eigenvalue weighted by atomic mass is 10.1. The zero-order valence-electron chi connectivity index (χ0n) is 12.3. The molecule has 0 radical (unpaired) electrons. The topological polar surface area (TPSA) is 92.3 Å². The summed E-state index contributed by atoms with van der Waals surface area (Å²) in [6, 6.07) is 2.92. The highest BCUT2D eigenvalue weighted by molar-refractivity contribution is 5.88. The number of anilines is 1. The summed E-state index contributed by atoms with van der Waals surface area (Å²) in [5.41, 5.74) is 0.446. The molecule has 0 aliphatic heterocycles. The second kappa shape index (κ2) is 6.01. The number of aliphatic hydroxyl groups is 1. The molecule has 21 heavy (non-hydrogen) atoms. The number of furan rings is 1. The van der Waals surface area contributed by atoms with Crippen molar-refractivity contribution in [3.63, 3.8) is 0 Å². The van der Waals surface area contributed by atoms with E-state index in [1.165, 1.54) is 6.26 Å². The van der Waals surface area contributed by atoms with E-state index in [4.69, 9.17) is 4.42 Å². The van der Waals surface area contributed by atoms with Gasteiger partial charge in [-0.05, 0) is 32.9 Å². The summed E-state index contributed by atoms with van der Waals surface area (Å²) in [6.45, 7) is 6.11. The average molecular weight is 292 g/mol. The third-order valence-electron chi connectivity index (χ3n) is 2.86. The molecule has 2 aromatic rings. The normalized spacial score (nSPS) is 13.0. The van der Waals surface area contributed by atoms with Gasteiger partial charge in [-0.25, -0.2) is 4.79 Å². The minimum atomic E-state index is -0.872. The van der Waals surface area contributed by atoms with Crippen LogP contribution in [0, 0.1) is 0 Å². The van der Waals surface area contributed by atoms with E-state index >= 15 is 0 Å². The number of aromatic nitrogens is 2. The Morgan fingerprint density at radius 2 is 2.29 bits per heavy atom. The Morgan fingerprint density at radius 1 is 1.52 bits per heavy atom. The van der Waals surface area contributed by atoms with Crippen LogP contribution in [0.25, 0.3) is 0 Å². The fraction of sp³-hybridized carbons (Fsp3) is 0.429. The Bertz CT molecular complexity index is 584. The molecule has 0 spiro atoms. The monoisotopic (exact) mass is 292 g/mol. The summed E-state index contributed by atoms with van der Waals surface area (Å²) >= 11 is 0. The molecule has 2 heterocycles. The van der Waals surface area contributed by atoms with Gasteiger partial charge in [-0.3, -0.25) is 4.68 Å². The predicted molar refractivity (Wildman–Crippen MR) is 77.9 cm³/mol. The minimum Gasteiger partial charge on any atom is -0.467 e. The second-order valence-corrected chi connectivity index (χ2v) is 5.71. The first-order chi connectivity index (χ1) is 9.86. The molecule has 2 rings (SSSR count). The Labute approximate surface area is 123 Å². The lowest BCUT2D eigenvalue weighted by Crippen LogP contribution is -2.32. The number of hydrogen-bond donors (Lipinski definition) is 3. The maximum Gasteiger partial charge on any atom is 0.319 e. The van der Waals surface area contributed by atoms with Gasteiger partial charge in [-0.2, -0.15) is 5.10 Å². The van der Waals surface area contributed by atoms with E-state index in [2.05, 4.69) is 15.7 Å². The first kappa shape index (κ1) is 15.1. The molecule has 0 bridgehead atoms. The van der Waals surface area contributed by atoms with Gasteiger partial charge in [0.25, 0.3) is 0 Å². The molecular weight excluding hydrogens is 272 g/mol. The van der Waals surface area contributed by atoms with Crippen LogP contribution in [0.5, 0.6) is 0 Å². The van der Waals surface area contributed by atoms with Crippen LogP contribution < -0.4 is 10.6 Å². The fourth-order valence-corrected chi connectivity index (χ4v) is 1.70. The Hall–Kier alpha value is -2.28. The zero-order chi connectivity index (χ0) is 15.5. The van der Waals surface area contributed by atoms with Gasteiger partial charge in [0.15, 0.2) is 0 Å². The van der Waals surface area contributed by atoms with Crippen molar-refractivity contribution in [1.82, 2.24) is 15.1 Å². The van der Waals surface area contributed by atoms with Crippen LogP contribution in [0.4, 0.5) is 10.5 Å². The number of carbonyl (C=O) groups excluding carboxylic acids is 1. The molecule has 0 fully saturated rings. The molecule has 2 aromatic heterocycles. The van der Waals surface area contributed by atoms with Crippen molar-refractivity contribution in [3.8, 4) is 0 Å². The highest BCUT2D eigenvalue weighted by atomic mass is 16.4. The van der Waals surface area contributed by atoms with E-state index in [-0.39, 0.29) is 12.1 Å². The molecule has 0 aromatic carbocycles. The Kier molecular flexibility index (Phi) is 4.32. The molecule has 0 aliphatic carbocycles. The maximum absolute atomic E-state index is 11.7. The molecule has 0 aliphatic rings. The molecule has 0 saturated heterocycles. The molecule has 7 nitrogen and oxygen atoms in total. The lowest BCUT2D eigenvalue weighted by Gasteiger charge is -2.18. The third kappa shape index (κ3) is 4.09. The van der Waals surface area contributed by atoms with Crippen LogP contribution in [-0.2, 0) is 5.54 Å². The molecule has 1 unspecified atom stereocenters. The summed E-state index contributed by atoms with van der Waals surface area (Å²) < 4.78 is 6.82. The number of urea groups is 1. The molecule has 7 heteroatoms. The molecule has 3 N–H and O–H groups in total. The van der Waals surface area contributed by atoms with Gasteiger partial charge in [0.2, 0.25) is 0 Å². The third-order valence-corrected chi connectivity index (χ3v) is 2.86. The smallest absolute Gasteiger partial charge is 0.319 e. The summed E-state index contributed by atoms with van der Waals surface area (Å²) in [5, 5.41) is 19.2. The molecule has 2 amide bonds. The second-order valence-electron chi connectivity index (χ2n) is 5.71. The van der Waals surface area contributed by atoms with E-state index in [9.17, 15) is 9.90 Å². The molecular formula is C14H20N4O3. The largest absolute Gasteiger partial charge is 0.467 e. The van der Waals surface area contributed by atoms with Gasteiger partial charge in [0.1, 0.15) is 11.9 Å². The predicted octanol–water partition coefficient (Wildman–Crippen LogP) is 2.09. The number of nitrogens with zero attached hydrogens (tertiary/aromatic N) is 2. The number of carbonyl (C=O) groups is 1. The van der Waals surface area contributed by atoms with Crippen molar-refractivity contribution < 1.29 is 14.3 Å². The van der Waals surface area contributed by atoms with Gasteiger partial charge in [-0.1, -0.05) is 0 Å². The van der Waals surface area contributed by atoms with E-state index in [0.717, 1.165) is 0 Å². The van der Waals surface area contributed by atoms with Gasteiger partial charge < -0.3 is 20.2 Å². The van der Waals surface area contributed by atoms with Crippen molar-refractivity contribution >= 4 is 11.7 Å². The summed E-state index contributed by atoms with van der Waals surface area (Å²) in [5.74, 6) is 0.413. The van der Waals surface area contributed by atoms with Gasteiger partial charge >= 0.3 is 6.03 Å². The first-order valence-electron chi connectivity index (χ1n) is 6.68. The number of aliphatic hydroxyl groups excluding tert-OH is 1. The van der Waals surface area contributed by atoms with Crippen LogP contribution in [0.15, 0.2) is 35.2 Å². The maximum atomic E-state index is 11.7. The first-order valence-corrected chi connectivity index (χ1v) is 6.68. The van der Waals surface area contributed by atoms with Crippen molar-refractivity contribution in [3.05, 3.63) is 36.5 Å². The lowest BCUT2D eigenvalue weighted by molar-refractivity contribution is 0.149. The van der Waals surface area contributed by atoms with Crippen molar-refractivity contribution in [1.29, 1.82) is 0 Å².